The third-order valence-corrected chi connectivity index (χ3v) is 2.84. The van der Waals surface area contributed by atoms with Crippen molar-refractivity contribution in [1.29, 1.82) is 0 Å². The monoisotopic (exact) mass is 239 g/mol. The molecule has 0 saturated carbocycles. The van der Waals surface area contributed by atoms with E-state index in [1.54, 1.807) is 6.07 Å². The highest BCUT2D eigenvalue weighted by atomic mass is 16.6. The molecule has 0 aliphatic carbocycles. The minimum Gasteiger partial charge on any atom is -0.404 e. The molecule has 0 bridgehead atoms. The predicted molar refractivity (Wildman–Crippen MR) is 62.7 cm³/mol. The highest BCUT2D eigenvalue weighted by Gasteiger charge is 2.22. The van der Waals surface area contributed by atoms with Crippen LogP contribution in [0.2, 0.25) is 0 Å². The van der Waals surface area contributed by atoms with Crippen LogP contribution < -0.4 is 5.32 Å². The maximum absolute atomic E-state index is 10.5. The Morgan fingerprint density at radius 2 is 2.12 bits per heavy atom. The number of nitro groups is 1. The largest absolute Gasteiger partial charge is 0.433 e. The van der Waals surface area contributed by atoms with Gasteiger partial charge in [0.25, 0.3) is 0 Å². The summed E-state index contributed by atoms with van der Waals surface area (Å²) in [6.45, 7) is 6.75. The van der Waals surface area contributed by atoms with E-state index in [0.717, 1.165) is 13.1 Å². The summed E-state index contributed by atoms with van der Waals surface area (Å²) in [6, 6.07) is 3.95. The Balaban J connectivity index is 1.97. The molecule has 1 N–H and O–H groups in total. The van der Waals surface area contributed by atoms with Gasteiger partial charge in [0.1, 0.15) is 10.7 Å². The first kappa shape index (κ1) is 12.1. The lowest BCUT2D eigenvalue weighted by Crippen LogP contribution is -2.53. The molecule has 1 fully saturated rings. The van der Waals surface area contributed by atoms with Gasteiger partial charge in [0.15, 0.2) is 0 Å². The summed E-state index contributed by atoms with van der Waals surface area (Å²) in [6.07, 6.45) is 0. The molecule has 0 amide bonds. The lowest BCUT2D eigenvalue weighted by atomic mass is 10.1. The number of hydrogen-bond acceptors (Lipinski definition) is 5. The molecular formula is C11H17N3O3. The van der Waals surface area contributed by atoms with E-state index >= 15 is 0 Å². The molecule has 1 aromatic rings. The summed E-state index contributed by atoms with van der Waals surface area (Å²) in [7, 11) is 0. The molecule has 17 heavy (non-hydrogen) atoms. The standard InChI is InChI=1S/C11H17N3O3/c1-8-5-13(6-9(2)12-8)7-10-3-4-11(17-10)14(15)16/h3-4,8-9,12H,5-7H2,1-2H3. The van der Waals surface area contributed by atoms with E-state index < -0.39 is 4.92 Å². The van der Waals surface area contributed by atoms with Crippen LogP contribution in [0.15, 0.2) is 16.5 Å². The summed E-state index contributed by atoms with van der Waals surface area (Å²) in [5.74, 6) is 0.467. The third kappa shape index (κ3) is 3.04. The second-order valence-electron chi connectivity index (χ2n) is 4.66. The van der Waals surface area contributed by atoms with E-state index in [1.165, 1.54) is 6.07 Å². The Labute approximate surface area is 99.7 Å². The van der Waals surface area contributed by atoms with Crippen molar-refractivity contribution in [3.05, 3.63) is 28.0 Å². The van der Waals surface area contributed by atoms with Crippen LogP contribution in [0.25, 0.3) is 0 Å². The fourth-order valence-corrected chi connectivity index (χ4v) is 2.34. The summed E-state index contributed by atoms with van der Waals surface area (Å²) >= 11 is 0. The summed E-state index contributed by atoms with van der Waals surface area (Å²) in [4.78, 5) is 12.2. The van der Waals surface area contributed by atoms with E-state index in [-0.39, 0.29) is 5.88 Å². The van der Waals surface area contributed by atoms with Crippen molar-refractivity contribution in [2.24, 2.45) is 0 Å². The van der Waals surface area contributed by atoms with Gasteiger partial charge in [0.2, 0.25) is 0 Å². The lowest BCUT2D eigenvalue weighted by Gasteiger charge is -2.35. The first-order valence-corrected chi connectivity index (χ1v) is 5.76. The zero-order valence-electron chi connectivity index (χ0n) is 10.0. The lowest BCUT2D eigenvalue weighted by molar-refractivity contribution is -0.402. The van der Waals surface area contributed by atoms with Crippen molar-refractivity contribution in [3.63, 3.8) is 0 Å². The number of nitrogens with zero attached hydrogens (tertiary/aromatic N) is 2. The average Bonchev–Trinajstić information content (AvgIpc) is 2.64. The SMILES string of the molecule is CC1CN(Cc2ccc([N+](=O)[O-])o2)CC(C)N1. The van der Waals surface area contributed by atoms with E-state index in [2.05, 4.69) is 24.1 Å². The van der Waals surface area contributed by atoms with Gasteiger partial charge in [0, 0.05) is 25.2 Å². The number of rotatable bonds is 3. The molecule has 6 heteroatoms. The summed E-state index contributed by atoms with van der Waals surface area (Å²) < 4.78 is 5.16. The maximum atomic E-state index is 10.5. The topological polar surface area (TPSA) is 71.5 Å². The molecule has 94 valence electrons. The predicted octanol–water partition coefficient (Wildman–Crippen LogP) is 1.37. The molecule has 6 nitrogen and oxygen atoms in total. The molecule has 0 radical (unpaired) electrons. The Bertz CT molecular complexity index is 394. The Kier molecular flexibility index (Phi) is 3.44. The third-order valence-electron chi connectivity index (χ3n) is 2.84. The van der Waals surface area contributed by atoms with Crippen LogP contribution >= 0.6 is 0 Å². The fourth-order valence-electron chi connectivity index (χ4n) is 2.34. The molecule has 2 unspecified atom stereocenters. The second-order valence-corrected chi connectivity index (χ2v) is 4.66. The van der Waals surface area contributed by atoms with Crippen molar-refractivity contribution in [2.75, 3.05) is 13.1 Å². The minimum atomic E-state index is -0.507. The maximum Gasteiger partial charge on any atom is 0.433 e. The molecule has 2 rings (SSSR count). The van der Waals surface area contributed by atoms with Gasteiger partial charge in [0.05, 0.1) is 12.6 Å². The van der Waals surface area contributed by atoms with E-state index in [1.807, 2.05) is 0 Å². The molecule has 2 heterocycles. The highest BCUT2D eigenvalue weighted by Crippen LogP contribution is 2.18. The average molecular weight is 239 g/mol. The second kappa shape index (κ2) is 4.85. The Morgan fingerprint density at radius 1 is 1.47 bits per heavy atom. The smallest absolute Gasteiger partial charge is 0.404 e. The Morgan fingerprint density at radius 3 is 2.65 bits per heavy atom. The molecule has 0 aromatic carbocycles. The van der Waals surface area contributed by atoms with Crippen LogP contribution in [-0.4, -0.2) is 35.0 Å². The summed E-state index contributed by atoms with van der Waals surface area (Å²) in [5, 5.41) is 13.9. The molecule has 1 aromatic heterocycles. The summed E-state index contributed by atoms with van der Waals surface area (Å²) in [5.41, 5.74) is 0. The van der Waals surface area contributed by atoms with Crippen molar-refractivity contribution in [1.82, 2.24) is 10.2 Å². The van der Waals surface area contributed by atoms with Crippen molar-refractivity contribution >= 4 is 5.88 Å². The molecule has 1 aliphatic heterocycles. The quantitative estimate of drug-likeness (QED) is 0.637. The first-order valence-electron chi connectivity index (χ1n) is 5.76. The number of piperazine rings is 1. The number of hydrogen-bond donors (Lipinski definition) is 1. The molecule has 1 saturated heterocycles. The minimum absolute atomic E-state index is 0.184. The normalized spacial score (nSPS) is 26.0. The number of nitrogens with one attached hydrogen (secondary N) is 1. The van der Waals surface area contributed by atoms with E-state index in [0.29, 0.717) is 24.4 Å². The molecule has 1 aliphatic rings. The van der Waals surface area contributed by atoms with E-state index in [4.69, 9.17) is 4.42 Å². The van der Waals surface area contributed by atoms with Gasteiger partial charge >= 0.3 is 5.88 Å². The number of furan rings is 1. The van der Waals surface area contributed by atoms with Gasteiger partial charge in [-0.2, -0.15) is 0 Å². The van der Waals surface area contributed by atoms with Crippen LogP contribution in [0, 0.1) is 10.1 Å². The van der Waals surface area contributed by atoms with Crippen molar-refractivity contribution < 1.29 is 9.34 Å². The highest BCUT2D eigenvalue weighted by molar-refractivity contribution is 5.17. The zero-order valence-corrected chi connectivity index (χ0v) is 10.0. The van der Waals surface area contributed by atoms with Gasteiger partial charge in [-0.1, -0.05) is 0 Å². The van der Waals surface area contributed by atoms with Gasteiger partial charge in [-0.3, -0.25) is 15.0 Å². The molecule has 2 atom stereocenters. The van der Waals surface area contributed by atoms with Crippen LogP contribution in [0.3, 0.4) is 0 Å². The zero-order chi connectivity index (χ0) is 12.4. The van der Waals surface area contributed by atoms with Gasteiger partial charge < -0.3 is 9.73 Å². The molecule has 0 spiro atoms. The van der Waals surface area contributed by atoms with Gasteiger partial charge in [-0.05, 0) is 19.9 Å². The van der Waals surface area contributed by atoms with Crippen molar-refractivity contribution in [2.45, 2.75) is 32.5 Å². The van der Waals surface area contributed by atoms with E-state index in [9.17, 15) is 10.1 Å². The molecular weight excluding hydrogens is 222 g/mol. The van der Waals surface area contributed by atoms with Crippen molar-refractivity contribution in [3.8, 4) is 0 Å². The Hall–Kier alpha value is -1.40. The van der Waals surface area contributed by atoms with Crippen LogP contribution in [-0.2, 0) is 6.54 Å². The van der Waals surface area contributed by atoms with Gasteiger partial charge in [-0.15, -0.1) is 0 Å². The van der Waals surface area contributed by atoms with Gasteiger partial charge in [-0.25, -0.2) is 0 Å². The first-order chi connectivity index (χ1) is 8.04. The fraction of sp³-hybridized carbons (Fsp3) is 0.636. The van der Waals surface area contributed by atoms with Crippen LogP contribution in [0.1, 0.15) is 19.6 Å². The van der Waals surface area contributed by atoms with Crippen LogP contribution in [0.5, 0.6) is 0 Å². The van der Waals surface area contributed by atoms with Crippen LogP contribution in [0.4, 0.5) is 5.88 Å².